The van der Waals surface area contributed by atoms with Gasteiger partial charge in [-0.3, -0.25) is 9.78 Å². The van der Waals surface area contributed by atoms with E-state index in [1.165, 1.54) is 37.8 Å². The van der Waals surface area contributed by atoms with Crippen LogP contribution >= 0.6 is 0 Å². The summed E-state index contributed by atoms with van der Waals surface area (Å²) in [7, 11) is 2.09. The van der Waals surface area contributed by atoms with Gasteiger partial charge in [-0.1, -0.05) is 19.8 Å². The van der Waals surface area contributed by atoms with E-state index >= 15 is 0 Å². The second-order valence-electron chi connectivity index (χ2n) is 5.94. The van der Waals surface area contributed by atoms with Crippen LogP contribution in [0.1, 0.15) is 49.5 Å². The van der Waals surface area contributed by atoms with E-state index in [0.29, 0.717) is 18.2 Å². The molecule has 2 unspecified atom stereocenters. The molecular formula is C16H23FN2O. The van der Waals surface area contributed by atoms with Crippen LogP contribution in [-0.4, -0.2) is 35.3 Å². The average molecular weight is 278 g/mol. The van der Waals surface area contributed by atoms with Crippen molar-refractivity contribution in [2.24, 2.45) is 5.92 Å². The normalized spacial score (nSPS) is 23.0. The fourth-order valence-corrected chi connectivity index (χ4v) is 2.93. The first-order valence-electron chi connectivity index (χ1n) is 7.41. The number of nitrogens with zero attached hydrogens (tertiary/aromatic N) is 2. The van der Waals surface area contributed by atoms with E-state index in [0.717, 1.165) is 18.7 Å². The van der Waals surface area contributed by atoms with Crippen LogP contribution < -0.4 is 0 Å². The predicted octanol–water partition coefficient (Wildman–Crippen LogP) is 3.30. The number of hydrogen-bond donors (Lipinski definition) is 0. The summed E-state index contributed by atoms with van der Waals surface area (Å²) in [5.41, 5.74) is 0.358. The highest BCUT2D eigenvalue weighted by molar-refractivity contribution is 5.94. The largest absolute Gasteiger partial charge is 0.303 e. The Hall–Kier alpha value is -1.29. The zero-order chi connectivity index (χ0) is 14.5. The fourth-order valence-electron chi connectivity index (χ4n) is 2.93. The quantitative estimate of drug-likeness (QED) is 0.775. The van der Waals surface area contributed by atoms with Gasteiger partial charge in [0.05, 0.1) is 6.20 Å². The van der Waals surface area contributed by atoms with Gasteiger partial charge in [-0.2, -0.15) is 0 Å². The number of aromatic nitrogens is 1. The van der Waals surface area contributed by atoms with Gasteiger partial charge in [-0.15, -0.1) is 0 Å². The number of ketones is 1. The fraction of sp³-hybridized carbons (Fsp3) is 0.625. The molecular weight excluding hydrogens is 255 g/mol. The molecule has 1 saturated carbocycles. The van der Waals surface area contributed by atoms with Crippen molar-refractivity contribution in [1.82, 2.24) is 9.88 Å². The highest BCUT2D eigenvalue weighted by Crippen LogP contribution is 2.26. The lowest BCUT2D eigenvalue weighted by molar-refractivity contribution is 0.0940. The minimum atomic E-state index is -0.408. The zero-order valence-corrected chi connectivity index (χ0v) is 12.3. The molecule has 2 rings (SSSR count). The van der Waals surface area contributed by atoms with E-state index in [2.05, 4.69) is 23.9 Å². The SMILES string of the molecule is CC1CCCC(N(C)CCC(=O)c2ccc(F)cn2)C1. The molecule has 1 aliphatic carbocycles. The summed E-state index contributed by atoms with van der Waals surface area (Å²) in [6.45, 7) is 3.04. The molecule has 20 heavy (non-hydrogen) atoms. The molecule has 4 heteroatoms. The van der Waals surface area contributed by atoms with E-state index in [4.69, 9.17) is 0 Å². The number of carbonyl (C=O) groups is 1. The standard InChI is InChI=1S/C16H23FN2O/c1-12-4-3-5-14(10-12)19(2)9-8-16(20)15-7-6-13(17)11-18-15/h6-7,11-12,14H,3-5,8-10H2,1-2H3. The second-order valence-corrected chi connectivity index (χ2v) is 5.94. The van der Waals surface area contributed by atoms with Crippen molar-refractivity contribution in [3.63, 3.8) is 0 Å². The van der Waals surface area contributed by atoms with Gasteiger partial charge < -0.3 is 4.90 Å². The Balaban J connectivity index is 1.82. The molecule has 3 nitrogen and oxygen atoms in total. The lowest BCUT2D eigenvalue weighted by Gasteiger charge is -2.34. The van der Waals surface area contributed by atoms with Crippen molar-refractivity contribution in [2.75, 3.05) is 13.6 Å². The highest BCUT2D eigenvalue weighted by Gasteiger charge is 2.22. The second kappa shape index (κ2) is 6.93. The van der Waals surface area contributed by atoms with Crippen LogP contribution in [-0.2, 0) is 0 Å². The summed E-state index contributed by atoms with van der Waals surface area (Å²) in [4.78, 5) is 18.1. The molecule has 0 saturated heterocycles. The van der Waals surface area contributed by atoms with E-state index in [-0.39, 0.29) is 5.78 Å². The van der Waals surface area contributed by atoms with Gasteiger partial charge in [0.1, 0.15) is 11.5 Å². The third kappa shape index (κ3) is 4.10. The number of carbonyl (C=O) groups excluding carboxylic acids is 1. The zero-order valence-electron chi connectivity index (χ0n) is 12.3. The van der Waals surface area contributed by atoms with Crippen LogP contribution in [0.25, 0.3) is 0 Å². The van der Waals surface area contributed by atoms with Crippen molar-refractivity contribution in [3.05, 3.63) is 29.8 Å². The molecule has 1 aliphatic rings. The monoisotopic (exact) mass is 278 g/mol. The van der Waals surface area contributed by atoms with Gasteiger partial charge in [-0.25, -0.2) is 4.39 Å². The Morgan fingerprint density at radius 3 is 2.90 bits per heavy atom. The molecule has 1 heterocycles. The number of Topliss-reactive ketones (excluding diaryl/α,β-unsaturated/α-hetero) is 1. The first kappa shape index (κ1) is 15.1. The topological polar surface area (TPSA) is 33.2 Å². The van der Waals surface area contributed by atoms with E-state index < -0.39 is 5.82 Å². The number of rotatable bonds is 5. The van der Waals surface area contributed by atoms with Crippen LogP contribution in [0.15, 0.2) is 18.3 Å². The van der Waals surface area contributed by atoms with E-state index in [1.807, 2.05) is 0 Å². The molecule has 0 N–H and O–H groups in total. The molecule has 0 amide bonds. The molecule has 110 valence electrons. The molecule has 1 aromatic heterocycles. The molecule has 0 radical (unpaired) electrons. The van der Waals surface area contributed by atoms with Crippen molar-refractivity contribution >= 4 is 5.78 Å². The lowest BCUT2D eigenvalue weighted by atomic mass is 9.86. The molecule has 1 aromatic rings. The van der Waals surface area contributed by atoms with Gasteiger partial charge >= 0.3 is 0 Å². The Morgan fingerprint density at radius 1 is 1.45 bits per heavy atom. The molecule has 0 aliphatic heterocycles. The molecule has 0 bridgehead atoms. The van der Waals surface area contributed by atoms with Crippen LogP contribution in [0.5, 0.6) is 0 Å². The first-order chi connectivity index (χ1) is 9.56. The Labute approximate surface area is 120 Å². The summed E-state index contributed by atoms with van der Waals surface area (Å²) >= 11 is 0. The molecule has 1 fully saturated rings. The Morgan fingerprint density at radius 2 is 2.25 bits per heavy atom. The van der Waals surface area contributed by atoms with Gasteiger partial charge in [-0.05, 0) is 37.9 Å². The molecule has 2 atom stereocenters. The van der Waals surface area contributed by atoms with Crippen molar-refractivity contribution in [1.29, 1.82) is 0 Å². The van der Waals surface area contributed by atoms with Crippen molar-refractivity contribution in [3.8, 4) is 0 Å². The smallest absolute Gasteiger partial charge is 0.182 e. The Bertz CT molecular complexity index is 446. The van der Waals surface area contributed by atoms with Crippen molar-refractivity contribution in [2.45, 2.75) is 45.1 Å². The van der Waals surface area contributed by atoms with E-state index in [9.17, 15) is 9.18 Å². The molecule has 0 aromatic carbocycles. The van der Waals surface area contributed by atoms with E-state index in [1.54, 1.807) is 0 Å². The van der Waals surface area contributed by atoms with Gasteiger partial charge in [0.25, 0.3) is 0 Å². The number of halogens is 1. The van der Waals surface area contributed by atoms with Gasteiger partial charge in [0.15, 0.2) is 5.78 Å². The van der Waals surface area contributed by atoms with Gasteiger partial charge in [0.2, 0.25) is 0 Å². The van der Waals surface area contributed by atoms with Crippen LogP contribution in [0.3, 0.4) is 0 Å². The first-order valence-corrected chi connectivity index (χ1v) is 7.41. The Kier molecular flexibility index (Phi) is 5.24. The highest BCUT2D eigenvalue weighted by atomic mass is 19.1. The predicted molar refractivity (Wildman–Crippen MR) is 77.2 cm³/mol. The van der Waals surface area contributed by atoms with Crippen LogP contribution in [0, 0.1) is 11.7 Å². The number of pyridine rings is 1. The third-order valence-corrected chi connectivity index (χ3v) is 4.24. The molecule has 0 spiro atoms. The van der Waals surface area contributed by atoms with Gasteiger partial charge in [0, 0.05) is 19.0 Å². The maximum Gasteiger partial charge on any atom is 0.182 e. The van der Waals surface area contributed by atoms with Crippen LogP contribution in [0.2, 0.25) is 0 Å². The van der Waals surface area contributed by atoms with Crippen molar-refractivity contribution < 1.29 is 9.18 Å². The minimum absolute atomic E-state index is 0.0132. The lowest BCUT2D eigenvalue weighted by Crippen LogP contribution is -2.36. The summed E-state index contributed by atoms with van der Waals surface area (Å²) in [5.74, 6) is 0.362. The summed E-state index contributed by atoms with van der Waals surface area (Å²) in [6, 6.07) is 3.33. The van der Waals surface area contributed by atoms with Crippen LogP contribution in [0.4, 0.5) is 4.39 Å². The average Bonchev–Trinajstić information content (AvgIpc) is 2.45. The number of hydrogen-bond acceptors (Lipinski definition) is 3. The summed E-state index contributed by atoms with van der Waals surface area (Å²) in [5, 5.41) is 0. The summed E-state index contributed by atoms with van der Waals surface area (Å²) in [6.07, 6.45) is 6.59. The third-order valence-electron chi connectivity index (χ3n) is 4.24. The minimum Gasteiger partial charge on any atom is -0.303 e. The maximum absolute atomic E-state index is 12.8. The summed E-state index contributed by atoms with van der Waals surface area (Å²) < 4.78 is 12.8. The maximum atomic E-state index is 12.8.